The molecule has 0 rings (SSSR count). The molecule has 0 bridgehead atoms. The van der Waals surface area contributed by atoms with Gasteiger partial charge in [-0.05, 0) is 5.75 Å². The molecule has 0 spiro atoms. The Hall–Kier alpha value is 0.830. The van der Waals surface area contributed by atoms with Crippen LogP contribution in [0.15, 0.2) is 0 Å². The van der Waals surface area contributed by atoms with Gasteiger partial charge < -0.3 is 10.4 Å². The molecule has 0 aromatic rings. The average molecular weight is 273 g/mol. The molecule has 0 aliphatic rings. The van der Waals surface area contributed by atoms with Crippen LogP contribution < -0.4 is 5.32 Å². The number of rotatable bonds is 8. The van der Waals surface area contributed by atoms with Crippen molar-refractivity contribution in [2.75, 3.05) is 27.7 Å². The first kappa shape index (κ1) is 14.8. The molecular weight excluding hydrogens is 258 g/mol. The SMILES string of the molecule is CCSCNC(=O)SCSCSCO. The summed E-state index contributed by atoms with van der Waals surface area (Å²) in [5, 5.41) is 12.9. The van der Waals surface area contributed by atoms with E-state index in [1.54, 1.807) is 23.5 Å². The number of carbonyl (C=O) groups excluding carboxylic acids is 1. The third-order valence-corrected chi connectivity index (χ3v) is 4.87. The molecule has 0 heterocycles. The predicted molar refractivity (Wildman–Crippen MR) is 71.1 cm³/mol. The summed E-state index contributed by atoms with van der Waals surface area (Å²) in [5.74, 6) is 1.86. The van der Waals surface area contributed by atoms with E-state index in [0.717, 1.165) is 15.9 Å². The standard InChI is InChI=1S/C7H15NO2S4/c1-2-11-3-8-7(10)14-6-13-5-12-4-9/h9H,2-6H2,1H3,(H,8,10). The van der Waals surface area contributed by atoms with Crippen LogP contribution in [0.4, 0.5) is 4.79 Å². The molecule has 0 aliphatic heterocycles. The van der Waals surface area contributed by atoms with E-state index < -0.39 is 0 Å². The molecule has 1 amide bonds. The van der Waals surface area contributed by atoms with Gasteiger partial charge in [0.05, 0.1) is 11.8 Å². The molecule has 2 N–H and O–H groups in total. The van der Waals surface area contributed by atoms with E-state index in [1.807, 2.05) is 0 Å². The first-order chi connectivity index (χ1) is 6.81. The van der Waals surface area contributed by atoms with Crippen molar-refractivity contribution in [3.63, 3.8) is 0 Å². The Bertz CT molecular complexity index is 148. The first-order valence-corrected chi connectivity index (χ1v) is 8.51. The fraction of sp³-hybridized carbons (Fsp3) is 0.857. The van der Waals surface area contributed by atoms with Crippen LogP contribution in [0.3, 0.4) is 0 Å². The number of carbonyl (C=O) groups is 1. The number of thioether (sulfide) groups is 4. The summed E-state index contributed by atoms with van der Waals surface area (Å²) < 4.78 is 0. The maximum atomic E-state index is 11.1. The smallest absolute Gasteiger partial charge is 0.280 e. The van der Waals surface area contributed by atoms with Crippen molar-refractivity contribution in [3.05, 3.63) is 0 Å². The average Bonchev–Trinajstić information content (AvgIpc) is 2.18. The van der Waals surface area contributed by atoms with Crippen LogP contribution in [-0.4, -0.2) is 38.1 Å². The molecule has 84 valence electrons. The predicted octanol–water partition coefficient (Wildman–Crippen LogP) is 2.47. The minimum atomic E-state index is 0.0347. The molecule has 7 heteroatoms. The Morgan fingerprint density at radius 3 is 2.71 bits per heavy atom. The number of nitrogens with one attached hydrogen (secondary N) is 1. The van der Waals surface area contributed by atoms with Gasteiger partial charge in [0, 0.05) is 10.2 Å². The van der Waals surface area contributed by atoms with Crippen molar-refractivity contribution in [2.24, 2.45) is 0 Å². The Balaban J connectivity index is 3.10. The molecule has 0 saturated carbocycles. The molecule has 0 radical (unpaired) electrons. The second-order valence-corrected chi connectivity index (χ2v) is 6.91. The van der Waals surface area contributed by atoms with Crippen molar-refractivity contribution < 1.29 is 9.90 Å². The van der Waals surface area contributed by atoms with Gasteiger partial charge in [-0.15, -0.1) is 35.3 Å². The van der Waals surface area contributed by atoms with Gasteiger partial charge in [-0.25, -0.2) is 0 Å². The summed E-state index contributed by atoms with van der Waals surface area (Å²) in [7, 11) is 0. The summed E-state index contributed by atoms with van der Waals surface area (Å²) in [4.78, 5) is 11.1. The molecule has 3 nitrogen and oxygen atoms in total. The van der Waals surface area contributed by atoms with Crippen molar-refractivity contribution >= 4 is 52.3 Å². The lowest BCUT2D eigenvalue weighted by molar-refractivity contribution is 0.262. The Labute approximate surface area is 102 Å². The summed E-state index contributed by atoms with van der Waals surface area (Å²) in [6, 6.07) is 0. The van der Waals surface area contributed by atoms with Crippen molar-refractivity contribution in [1.82, 2.24) is 5.32 Å². The largest absolute Gasteiger partial charge is 0.386 e. The van der Waals surface area contributed by atoms with Gasteiger partial charge in [0.25, 0.3) is 5.24 Å². The second kappa shape index (κ2) is 11.9. The molecule has 0 atom stereocenters. The summed E-state index contributed by atoms with van der Waals surface area (Å²) in [6.45, 7) is 2.06. The topological polar surface area (TPSA) is 49.3 Å². The second-order valence-electron chi connectivity index (χ2n) is 2.02. The zero-order valence-electron chi connectivity index (χ0n) is 8.02. The van der Waals surface area contributed by atoms with Crippen LogP contribution in [0.2, 0.25) is 0 Å². The van der Waals surface area contributed by atoms with Crippen LogP contribution in [-0.2, 0) is 0 Å². The van der Waals surface area contributed by atoms with Gasteiger partial charge in [-0.3, -0.25) is 4.79 Å². The van der Waals surface area contributed by atoms with Crippen LogP contribution in [0, 0.1) is 0 Å². The zero-order chi connectivity index (χ0) is 10.6. The Morgan fingerprint density at radius 2 is 2.07 bits per heavy atom. The highest BCUT2D eigenvalue weighted by Crippen LogP contribution is 2.17. The van der Waals surface area contributed by atoms with E-state index in [9.17, 15) is 4.79 Å². The van der Waals surface area contributed by atoms with Gasteiger partial charge in [0.1, 0.15) is 0 Å². The quantitative estimate of drug-likeness (QED) is 0.523. The van der Waals surface area contributed by atoms with E-state index in [2.05, 4.69) is 12.2 Å². The van der Waals surface area contributed by atoms with Gasteiger partial charge in [-0.1, -0.05) is 18.7 Å². The van der Waals surface area contributed by atoms with E-state index in [4.69, 9.17) is 5.11 Å². The van der Waals surface area contributed by atoms with Gasteiger partial charge in [-0.2, -0.15) is 0 Å². The number of aliphatic hydroxyl groups excluding tert-OH is 1. The lowest BCUT2D eigenvalue weighted by atomic mass is 11.0. The summed E-state index contributed by atoms with van der Waals surface area (Å²) >= 11 is 6.07. The number of hydrogen-bond donors (Lipinski definition) is 2. The first-order valence-electron chi connectivity index (χ1n) is 4.06. The number of amides is 1. The molecular formula is C7H15NO2S4. The fourth-order valence-electron chi connectivity index (χ4n) is 0.488. The Morgan fingerprint density at radius 1 is 1.29 bits per heavy atom. The molecule has 14 heavy (non-hydrogen) atoms. The lowest BCUT2D eigenvalue weighted by Crippen LogP contribution is -2.17. The maximum absolute atomic E-state index is 11.1. The molecule has 0 saturated heterocycles. The van der Waals surface area contributed by atoms with Crippen molar-refractivity contribution in [3.8, 4) is 0 Å². The van der Waals surface area contributed by atoms with Gasteiger partial charge in [0.2, 0.25) is 0 Å². The number of aliphatic hydroxyl groups is 1. The third kappa shape index (κ3) is 10.9. The molecule has 0 unspecified atom stereocenters. The fourth-order valence-corrected chi connectivity index (χ4v) is 3.61. The summed E-state index contributed by atoms with van der Waals surface area (Å²) in [5.41, 5.74) is 0. The summed E-state index contributed by atoms with van der Waals surface area (Å²) in [6.07, 6.45) is 0. The maximum Gasteiger partial charge on any atom is 0.280 e. The minimum absolute atomic E-state index is 0.0347. The molecule has 0 aliphatic carbocycles. The lowest BCUT2D eigenvalue weighted by Gasteiger charge is -2.02. The van der Waals surface area contributed by atoms with Crippen molar-refractivity contribution in [2.45, 2.75) is 6.92 Å². The highest BCUT2D eigenvalue weighted by Gasteiger charge is 2.00. The van der Waals surface area contributed by atoms with Crippen molar-refractivity contribution in [1.29, 1.82) is 0 Å². The normalized spacial score (nSPS) is 10.1. The van der Waals surface area contributed by atoms with Crippen LogP contribution in [0.25, 0.3) is 0 Å². The van der Waals surface area contributed by atoms with E-state index >= 15 is 0 Å². The van der Waals surface area contributed by atoms with Gasteiger partial charge in [0.15, 0.2) is 0 Å². The highest BCUT2D eigenvalue weighted by atomic mass is 32.2. The van der Waals surface area contributed by atoms with Crippen LogP contribution >= 0.6 is 47.0 Å². The molecule has 0 aromatic carbocycles. The molecule has 0 aromatic heterocycles. The molecule has 0 fully saturated rings. The monoisotopic (exact) mass is 273 g/mol. The zero-order valence-corrected chi connectivity index (χ0v) is 11.3. The van der Waals surface area contributed by atoms with Gasteiger partial charge >= 0.3 is 0 Å². The Kier molecular flexibility index (Phi) is 12.6. The van der Waals surface area contributed by atoms with Crippen LogP contribution in [0.1, 0.15) is 6.92 Å². The van der Waals surface area contributed by atoms with E-state index in [-0.39, 0.29) is 11.2 Å². The highest BCUT2D eigenvalue weighted by molar-refractivity contribution is 8.27. The number of hydrogen-bond acceptors (Lipinski definition) is 6. The van der Waals surface area contributed by atoms with E-state index in [0.29, 0.717) is 5.88 Å². The van der Waals surface area contributed by atoms with Crippen LogP contribution in [0.5, 0.6) is 0 Å². The minimum Gasteiger partial charge on any atom is -0.386 e. The van der Waals surface area contributed by atoms with E-state index in [1.165, 1.54) is 23.5 Å². The third-order valence-electron chi connectivity index (χ3n) is 1.05.